The SMILES string of the molecule is [NH3+]CCC(=O)Oc1ccc2[nH]cc(CC[NH3+])c2c1. The van der Waals surface area contributed by atoms with Gasteiger partial charge in [0, 0.05) is 23.5 Å². The van der Waals surface area contributed by atoms with E-state index in [0.29, 0.717) is 18.7 Å². The van der Waals surface area contributed by atoms with Gasteiger partial charge < -0.3 is 21.2 Å². The van der Waals surface area contributed by atoms with Crippen LogP contribution in [0.5, 0.6) is 5.75 Å². The van der Waals surface area contributed by atoms with Gasteiger partial charge in [0.1, 0.15) is 5.75 Å². The van der Waals surface area contributed by atoms with Gasteiger partial charge in [0.05, 0.1) is 19.5 Å². The third-order valence-corrected chi connectivity index (χ3v) is 2.80. The van der Waals surface area contributed by atoms with Crippen LogP contribution in [-0.2, 0) is 11.2 Å². The molecule has 5 nitrogen and oxygen atoms in total. The molecule has 1 aromatic carbocycles. The number of carbonyl (C=O) groups is 1. The van der Waals surface area contributed by atoms with Gasteiger partial charge in [-0.25, -0.2) is 0 Å². The minimum absolute atomic E-state index is 0.237. The van der Waals surface area contributed by atoms with Gasteiger partial charge in [0.25, 0.3) is 0 Å². The number of quaternary nitrogens is 2. The Morgan fingerprint density at radius 3 is 2.83 bits per heavy atom. The smallest absolute Gasteiger partial charge is 0.316 e. The average molecular weight is 249 g/mol. The zero-order valence-electron chi connectivity index (χ0n) is 10.4. The third-order valence-electron chi connectivity index (χ3n) is 2.80. The predicted molar refractivity (Wildman–Crippen MR) is 67.8 cm³/mol. The van der Waals surface area contributed by atoms with Crippen LogP contribution in [0.4, 0.5) is 0 Å². The molecule has 7 N–H and O–H groups in total. The van der Waals surface area contributed by atoms with E-state index in [1.54, 1.807) is 6.07 Å². The first-order valence-corrected chi connectivity index (χ1v) is 6.13. The molecule has 0 fully saturated rings. The van der Waals surface area contributed by atoms with Crippen LogP contribution >= 0.6 is 0 Å². The summed E-state index contributed by atoms with van der Waals surface area (Å²) in [5.74, 6) is 0.351. The van der Waals surface area contributed by atoms with E-state index in [1.807, 2.05) is 18.3 Å². The minimum atomic E-state index is -0.237. The predicted octanol–water partition coefficient (Wildman–Crippen LogP) is -0.510. The molecule has 0 aliphatic rings. The topological polar surface area (TPSA) is 97.4 Å². The van der Waals surface area contributed by atoms with E-state index in [0.717, 1.165) is 23.9 Å². The van der Waals surface area contributed by atoms with Crippen molar-refractivity contribution in [3.05, 3.63) is 30.0 Å². The van der Waals surface area contributed by atoms with Gasteiger partial charge in [-0.15, -0.1) is 0 Å². The maximum atomic E-state index is 11.4. The lowest BCUT2D eigenvalue weighted by atomic mass is 10.1. The minimum Gasteiger partial charge on any atom is -0.426 e. The van der Waals surface area contributed by atoms with E-state index < -0.39 is 0 Å². The molecule has 0 radical (unpaired) electrons. The molecule has 1 aromatic heterocycles. The van der Waals surface area contributed by atoms with Gasteiger partial charge in [-0.1, -0.05) is 0 Å². The fraction of sp³-hybridized carbons (Fsp3) is 0.308. The van der Waals surface area contributed by atoms with Crippen LogP contribution in [-0.4, -0.2) is 24.0 Å². The Hall–Kier alpha value is -1.85. The second-order valence-corrected chi connectivity index (χ2v) is 4.20. The molecule has 2 rings (SSSR count). The number of nitrogens with one attached hydrogen (secondary N) is 1. The van der Waals surface area contributed by atoms with E-state index in [2.05, 4.69) is 16.5 Å². The number of hydrogen-bond donors (Lipinski definition) is 3. The Morgan fingerprint density at radius 1 is 1.28 bits per heavy atom. The largest absolute Gasteiger partial charge is 0.426 e. The first-order valence-electron chi connectivity index (χ1n) is 6.13. The average Bonchev–Trinajstić information content (AvgIpc) is 2.73. The normalized spacial score (nSPS) is 10.8. The van der Waals surface area contributed by atoms with E-state index in [9.17, 15) is 4.79 Å². The number of aromatic nitrogens is 1. The lowest BCUT2D eigenvalue weighted by Gasteiger charge is -2.03. The summed E-state index contributed by atoms with van der Waals surface area (Å²) in [6.45, 7) is 1.40. The van der Waals surface area contributed by atoms with Gasteiger partial charge in [-0.2, -0.15) is 0 Å². The van der Waals surface area contributed by atoms with Crippen LogP contribution in [0.25, 0.3) is 10.9 Å². The number of aromatic amines is 1. The summed E-state index contributed by atoms with van der Waals surface area (Å²) in [5, 5.41) is 1.10. The molecule has 0 atom stereocenters. The van der Waals surface area contributed by atoms with Gasteiger partial charge in [-0.3, -0.25) is 4.79 Å². The highest BCUT2D eigenvalue weighted by Gasteiger charge is 2.08. The lowest BCUT2D eigenvalue weighted by molar-refractivity contribution is -0.367. The molecular weight excluding hydrogens is 230 g/mol. The molecule has 0 amide bonds. The van der Waals surface area contributed by atoms with Crippen molar-refractivity contribution < 1.29 is 21.0 Å². The maximum absolute atomic E-state index is 11.4. The molecule has 0 aliphatic heterocycles. The first kappa shape index (κ1) is 12.6. The Balaban J connectivity index is 2.24. The number of esters is 1. The van der Waals surface area contributed by atoms with E-state index in [4.69, 9.17) is 4.74 Å². The number of carbonyl (C=O) groups excluding carboxylic acids is 1. The molecule has 0 bridgehead atoms. The summed E-state index contributed by atoms with van der Waals surface area (Å²) in [6, 6.07) is 5.63. The molecule has 2 aromatic rings. The number of H-pyrrole nitrogens is 1. The van der Waals surface area contributed by atoms with E-state index >= 15 is 0 Å². The van der Waals surface area contributed by atoms with Crippen molar-refractivity contribution in [2.75, 3.05) is 13.1 Å². The molecular formula is C13H19N3O2+2. The maximum Gasteiger partial charge on any atom is 0.316 e. The molecule has 0 unspecified atom stereocenters. The number of benzene rings is 1. The van der Waals surface area contributed by atoms with Crippen LogP contribution in [0, 0.1) is 0 Å². The Kier molecular flexibility index (Phi) is 3.96. The van der Waals surface area contributed by atoms with Crippen molar-refractivity contribution >= 4 is 16.9 Å². The summed E-state index contributed by atoms with van der Waals surface area (Å²) in [7, 11) is 0. The van der Waals surface area contributed by atoms with Crippen LogP contribution in [0.15, 0.2) is 24.4 Å². The fourth-order valence-electron chi connectivity index (χ4n) is 1.95. The summed E-state index contributed by atoms with van der Waals surface area (Å²) in [6.07, 6.45) is 3.24. The molecule has 0 saturated carbocycles. The highest BCUT2D eigenvalue weighted by atomic mass is 16.5. The molecule has 18 heavy (non-hydrogen) atoms. The number of ether oxygens (including phenoxy) is 1. The quantitative estimate of drug-likeness (QED) is 0.491. The highest BCUT2D eigenvalue weighted by Crippen LogP contribution is 2.24. The molecule has 5 heteroatoms. The van der Waals surface area contributed by atoms with Gasteiger partial charge in [0.2, 0.25) is 0 Å². The summed E-state index contributed by atoms with van der Waals surface area (Å²) < 4.78 is 5.26. The third kappa shape index (κ3) is 2.69. The van der Waals surface area contributed by atoms with Crippen molar-refractivity contribution in [2.45, 2.75) is 12.8 Å². The monoisotopic (exact) mass is 249 g/mol. The molecule has 1 heterocycles. The highest BCUT2D eigenvalue weighted by molar-refractivity contribution is 5.85. The standard InChI is InChI=1S/C13H17N3O2/c14-5-3-9-8-16-12-2-1-10(7-11(9)12)18-13(17)4-6-15/h1-2,7-8,16H,3-6,14-15H2/p+2. The van der Waals surface area contributed by atoms with Gasteiger partial charge >= 0.3 is 5.97 Å². The molecule has 0 saturated heterocycles. The van der Waals surface area contributed by atoms with Crippen molar-refractivity contribution in [1.82, 2.24) is 4.98 Å². The van der Waals surface area contributed by atoms with Gasteiger partial charge in [0.15, 0.2) is 0 Å². The Bertz CT molecular complexity index is 548. The molecule has 0 aliphatic carbocycles. The second-order valence-electron chi connectivity index (χ2n) is 4.20. The van der Waals surface area contributed by atoms with Crippen LogP contribution < -0.4 is 16.2 Å². The molecule has 96 valence electrons. The number of hydrogen-bond acceptors (Lipinski definition) is 2. The number of rotatable bonds is 5. The lowest BCUT2D eigenvalue weighted by Crippen LogP contribution is -2.51. The van der Waals surface area contributed by atoms with Crippen molar-refractivity contribution in [3.63, 3.8) is 0 Å². The van der Waals surface area contributed by atoms with Crippen LogP contribution in [0.2, 0.25) is 0 Å². The van der Waals surface area contributed by atoms with Crippen molar-refractivity contribution in [1.29, 1.82) is 0 Å². The van der Waals surface area contributed by atoms with Crippen molar-refractivity contribution in [2.24, 2.45) is 0 Å². The summed E-state index contributed by atoms with van der Waals surface area (Å²) in [4.78, 5) is 14.6. The fourth-order valence-corrected chi connectivity index (χ4v) is 1.95. The zero-order valence-corrected chi connectivity index (χ0v) is 10.4. The second kappa shape index (κ2) is 5.66. The van der Waals surface area contributed by atoms with Crippen LogP contribution in [0.1, 0.15) is 12.0 Å². The summed E-state index contributed by atoms with van der Waals surface area (Å²) in [5.41, 5.74) is 9.75. The van der Waals surface area contributed by atoms with Crippen molar-refractivity contribution in [3.8, 4) is 5.75 Å². The Morgan fingerprint density at radius 2 is 2.11 bits per heavy atom. The van der Waals surface area contributed by atoms with E-state index in [1.165, 1.54) is 5.56 Å². The zero-order chi connectivity index (χ0) is 13.0. The Labute approximate surface area is 105 Å². The first-order chi connectivity index (χ1) is 8.74. The molecule has 0 spiro atoms. The summed E-state index contributed by atoms with van der Waals surface area (Å²) >= 11 is 0. The number of fused-ring (bicyclic) bond motifs is 1. The van der Waals surface area contributed by atoms with E-state index in [-0.39, 0.29) is 5.97 Å². The van der Waals surface area contributed by atoms with Crippen LogP contribution in [0.3, 0.4) is 0 Å². The van der Waals surface area contributed by atoms with Gasteiger partial charge in [-0.05, 0) is 23.8 Å².